The predicted molar refractivity (Wildman–Crippen MR) is 51.5 cm³/mol. The lowest BCUT2D eigenvalue weighted by atomic mass is 9.97. The zero-order valence-corrected chi connectivity index (χ0v) is 8.27. The van der Waals surface area contributed by atoms with Crippen LogP contribution in [0.2, 0.25) is 0 Å². The van der Waals surface area contributed by atoms with Crippen LogP contribution in [-0.4, -0.2) is 11.7 Å². The molecule has 0 aromatic heterocycles. The highest BCUT2D eigenvalue weighted by Gasteiger charge is 2.21. The minimum atomic E-state index is 0.432. The highest BCUT2D eigenvalue weighted by atomic mass is 16.5. The second kappa shape index (κ2) is 2.66. The van der Waals surface area contributed by atoms with E-state index in [1.165, 1.54) is 5.56 Å². The van der Waals surface area contributed by atoms with Crippen molar-refractivity contribution >= 4 is 0 Å². The fourth-order valence-corrected chi connectivity index (χ4v) is 1.92. The fourth-order valence-electron chi connectivity index (χ4n) is 1.92. The van der Waals surface area contributed by atoms with Crippen LogP contribution in [0.1, 0.15) is 22.3 Å². The Morgan fingerprint density at radius 2 is 1.77 bits per heavy atom. The van der Waals surface area contributed by atoms with Crippen molar-refractivity contribution in [3.8, 4) is 11.5 Å². The van der Waals surface area contributed by atoms with Crippen molar-refractivity contribution in [1.29, 1.82) is 0 Å². The molecular formula is C11H14O2. The first kappa shape index (κ1) is 8.42. The molecule has 0 spiro atoms. The molecule has 1 aromatic rings. The second-order valence-corrected chi connectivity index (χ2v) is 3.63. The molecule has 2 nitrogen and oxygen atoms in total. The van der Waals surface area contributed by atoms with E-state index in [-0.39, 0.29) is 0 Å². The summed E-state index contributed by atoms with van der Waals surface area (Å²) in [6.07, 6.45) is 0.926. The first-order valence-corrected chi connectivity index (χ1v) is 4.57. The minimum Gasteiger partial charge on any atom is -0.507 e. The smallest absolute Gasteiger partial charge is 0.126 e. The average molecular weight is 178 g/mol. The number of phenolic OH excluding ortho intramolecular Hbond substituents is 1. The molecule has 0 aliphatic carbocycles. The number of ether oxygens (including phenoxy) is 1. The van der Waals surface area contributed by atoms with Crippen molar-refractivity contribution in [3.63, 3.8) is 0 Å². The number of phenols is 1. The molecule has 1 aromatic carbocycles. The summed E-state index contributed by atoms with van der Waals surface area (Å²) >= 11 is 0. The lowest BCUT2D eigenvalue weighted by Crippen LogP contribution is -1.92. The number of rotatable bonds is 0. The Morgan fingerprint density at radius 1 is 1.08 bits per heavy atom. The van der Waals surface area contributed by atoms with Gasteiger partial charge in [-0.2, -0.15) is 0 Å². The third kappa shape index (κ3) is 1.01. The van der Waals surface area contributed by atoms with Crippen LogP contribution in [0.4, 0.5) is 0 Å². The van der Waals surface area contributed by atoms with Gasteiger partial charge in [-0.15, -0.1) is 0 Å². The van der Waals surface area contributed by atoms with Crippen LogP contribution in [0.15, 0.2) is 0 Å². The summed E-state index contributed by atoms with van der Waals surface area (Å²) in [6, 6.07) is 0. The molecule has 1 aliphatic rings. The predicted octanol–water partition coefficient (Wildman–Crippen LogP) is 2.25. The maximum absolute atomic E-state index is 9.80. The van der Waals surface area contributed by atoms with E-state index in [1.807, 2.05) is 20.8 Å². The molecule has 0 radical (unpaired) electrons. The van der Waals surface area contributed by atoms with E-state index < -0.39 is 0 Å². The van der Waals surface area contributed by atoms with Gasteiger partial charge < -0.3 is 9.84 Å². The summed E-state index contributed by atoms with van der Waals surface area (Å²) in [6.45, 7) is 6.63. The van der Waals surface area contributed by atoms with Crippen molar-refractivity contribution in [2.24, 2.45) is 0 Å². The quantitative estimate of drug-likeness (QED) is 0.660. The Balaban J connectivity index is 2.77. The lowest BCUT2D eigenvalue weighted by Gasteiger charge is -2.12. The van der Waals surface area contributed by atoms with E-state index in [2.05, 4.69) is 0 Å². The first-order valence-electron chi connectivity index (χ1n) is 4.57. The Labute approximate surface area is 78.2 Å². The Hall–Kier alpha value is -1.18. The number of benzene rings is 1. The number of hydrogen-bond acceptors (Lipinski definition) is 2. The van der Waals surface area contributed by atoms with Crippen molar-refractivity contribution in [2.75, 3.05) is 6.61 Å². The zero-order chi connectivity index (χ0) is 9.59. The molecule has 2 rings (SSSR count). The molecule has 0 unspecified atom stereocenters. The van der Waals surface area contributed by atoms with E-state index in [0.29, 0.717) is 5.75 Å². The molecule has 0 fully saturated rings. The molecular weight excluding hydrogens is 164 g/mol. The first-order chi connectivity index (χ1) is 6.13. The molecule has 70 valence electrons. The monoisotopic (exact) mass is 178 g/mol. The highest BCUT2D eigenvalue weighted by molar-refractivity contribution is 5.58. The van der Waals surface area contributed by atoms with Crippen LogP contribution in [0.5, 0.6) is 11.5 Å². The summed E-state index contributed by atoms with van der Waals surface area (Å²) in [7, 11) is 0. The molecule has 0 saturated heterocycles. The van der Waals surface area contributed by atoms with Gasteiger partial charge in [0.05, 0.1) is 6.61 Å². The van der Waals surface area contributed by atoms with Crippen molar-refractivity contribution in [3.05, 3.63) is 22.3 Å². The molecule has 0 bridgehead atoms. The topological polar surface area (TPSA) is 29.5 Å². The average Bonchev–Trinajstić information content (AvgIpc) is 2.59. The standard InChI is InChI=1S/C11H14O2/c1-6-7(2)11-9(4-5-13-11)8(3)10(6)12/h12H,4-5H2,1-3H3. The van der Waals surface area contributed by atoms with Crippen LogP contribution in [0.25, 0.3) is 0 Å². The number of aromatic hydroxyl groups is 1. The number of hydrogen-bond donors (Lipinski definition) is 1. The SMILES string of the molecule is Cc1c(C)c2c(c(C)c1O)CCO2. The molecule has 1 heterocycles. The van der Waals surface area contributed by atoms with Crippen molar-refractivity contribution < 1.29 is 9.84 Å². The van der Waals surface area contributed by atoms with Gasteiger partial charge in [-0.25, -0.2) is 0 Å². The number of fused-ring (bicyclic) bond motifs is 1. The van der Waals surface area contributed by atoms with Gasteiger partial charge in [0.2, 0.25) is 0 Å². The molecule has 0 saturated carbocycles. The van der Waals surface area contributed by atoms with E-state index in [4.69, 9.17) is 4.74 Å². The van der Waals surface area contributed by atoms with Crippen molar-refractivity contribution in [1.82, 2.24) is 0 Å². The normalized spacial score (nSPS) is 14.1. The Kier molecular flexibility index (Phi) is 1.72. The molecule has 1 N–H and O–H groups in total. The maximum atomic E-state index is 9.80. The molecule has 1 aliphatic heterocycles. The van der Waals surface area contributed by atoms with Gasteiger partial charge >= 0.3 is 0 Å². The minimum absolute atomic E-state index is 0.432. The molecule has 2 heteroatoms. The van der Waals surface area contributed by atoms with Crippen LogP contribution in [0.3, 0.4) is 0 Å². The third-order valence-corrected chi connectivity index (χ3v) is 2.94. The zero-order valence-electron chi connectivity index (χ0n) is 8.27. The van der Waals surface area contributed by atoms with E-state index in [0.717, 1.165) is 35.5 Å². The van der Waals surface area contributed by atoms with E-state index >= 15 is 0 Å². The van der Waals surface area contributed by atoms with Crippen LogP contribution >= 0.6 is 0 Å². The van der Waals surface area contributed by atoms with Gasteiger partial charge in [-0.1, -0.05) is 0 Å². The Bertz CT molecular complexity index is 332. The Morgan fingerprint density at radius 3 is 2.46 bits per heavy atom. The van der Waals surface area contributed by atoms with Gasteiger partial charge in [0.25, 0.3) is 0 Å². The fraction of sp³-hybridized carbons (Fsp3) is 0.455. The summed E-state index contributed by atoms with van der Waals surface area (Å²) < 4.78 is 5.53. The van der Waals surface area contributed by atoms with E-state index in [1.54, 1.807) is 0 Å². The van der Waals surface area contributed by atoms with Gasteiger partial charge in [0.15, 0.2) is 0 Å². The van der Waals surface area contributed by atoms with Crippen LogP contribution < -0.4 is 4.74 Å². The largest absolute Gasteiger partial charge is 0.507 e. The lowest BCUT2D eigenvalue weighted by molar-refractivity contribution is 0.354. The summed E-state index contributed by atoms with van der Waals surface area (Å²) in [4.78, 5) is 0. The maximum Gasteiger partial charge on any atom is 0.126 e. The molecule has 13 heavy (non-hydrogen) atoms. The van der Waals surface area contributed by atoms with Crippen LogP contribution in [0, 0.1) is 20.8 Å². The highest BCUT2D eigenvalue weighted by Crippen LogP contribution is 2.39. The van der Waals surface area contributed by atoms with E-state index in [9.17, 15) is 5.11 Å². The second-order valence-electron chi connectivity index (χ2n) is 3.63. The summed E-state index contributed by atoms with van der Waals surface area (Å²) in [5, 5.41) is 9.80. The summed E-state index contributed by atoms with van der Waals surface area (Å²) in [5.41, 5.74) is 4.19. The van der Waals surface area contributed by atoms with Gasteiger partial charge in [0.1, 0.15) is 11.5 Å². The van der Waals surface area contributed by atoms with Gasteiger partial charge in [-0.3, -0.25) is 0 Å². The molecule has 0 atom stereocenters. The third-order valence-electron chi connectivity index (χ3n) is 2.94. The summed E-state index contributed by atoms with van der Waals surface area (Å²) in [5.74, 6) is 1.43. The molecule has 0 amide bonds. The van der Waals surface area contributed by atoms with Gasteiger partial charge in [-0.05, 0) is 37.5 Å². The van der Waals surface area contributed by atoms with Crippen molar-refractivity contribution in [2.45, 2.75) is 27.2 Å². The van der Waals surface area contributed by atoms with Gasteiger partial charge in [0, 0.05) is 12.0 Å². The van der Waals surface area contributed by atoms with Crippen LogP contribution in [-0.2, 0) is 6.42 Å².